The molecule has 11 heteroatoms. The van der Waals surface area contributed by atoms with E-state index in [0.29, 0.717) is 0 Å². The minimum Gasteiger partial charge on any atom is -0.507 e. The third-order valence-corrected chi connectivity index (χ3v) is 7.91. The average molecular weight is 527 g/mol. The lowest BCUT2D eigenvalue weighted by Gasteiger charge is -2.42. The fourth-order valence-electron chi connectivity index (χ4n) is 5.69. The van der Waals surface area contributed by atoms with E-state index in [1.165, 1.54) is 32.2 Å². The van der Waals surface area contributed by atoms with Crippen LogP contribution in [0.15, 0.2) is 18.2 Å². The second kappa shape index (κ2) is 9.14. The summed E-state index contributed by atoms with van der Waals surface area (Å²) in [4.78, 5) is 39.6. The van der Waals surface area contributed by atoms with Crippen molar-refractivity contribution in [2.75, 3.05) is 7.11 Å². The number of hydrogen-bond donors (Lipinski definition) is 5. The van der Waals surface area contributed by atoms with E-state index in [0.717, 1.165) is 0 Å². The maximum Gasteiger partial charge on any atom is 0.202 e. The number of nitrogens with two attached hydrogens (primary N) is 2. The van der Waals surface area contributed by atoms with E-state index in [9.17, 15) is 29.7 Å². The molecular weight excluding hydrogens is 496 g/mol. The fourth-order valence-corrected chi connectivity index (χ4v) is 5.69. The van der Waals surface area contributed by atoms with Crippen LogP contribution in [0.3, 0.4) is 0 Å². The normalized spacial score (nSPS) is 30.3. The topological polar surface area (TPSA) is 192 Å². The largest absolute Gasteiger partial charge is 0.507 e. The fraction of sp³-hybridized carbons (Fsp3) is 0.444. The van der Waals surface area contributed by atoms with Gasteiger partial charge in [-0.2, -0.15) is 0 Å². The van der Waals surface area contributed by atoms with Crippen molar-refractivity contribution >= 4 is 17.3 Å². The van der Waals surface area contributed by atoms with E-state index in [-0.39, 0.29) is 40.8 Å². The third-order valence-electron chi connectivity index (χ3n) is 7.91. The lowest BCUT2D eigenvalue weighted by atomic mass is 9.72. The van der Waals surface area contributed by atoms with Crippen molar-refractivity contribution in [2.45, 2.75) is 69.3 Å². The Hall–Kier alpha value is -3.35. The van der Waals surface area contributed by atoms with Crippen LogP contribution in [-0.4, -0.2) is 69.9 Å². The molecule has 0 spiro atoms. The van der Waals surface area contributed by atoms with Crippen LogP contribution in [0.4, 0.5) is 0 Å². The Morgan fingerprint density at radius 3 is 2.42 bits per heavy atom. The molecule has 1 heterocycles. The van der Waals surface area contributed by atoms with Crippen molar-refractivity contribution in [3.8, 4) is 17.2 Å². The molecule has 0 bridgehead atoms. The van der Waals surface area contributed by atoms with E-state index < -0.39 is 82.6 Å². The molecule has 1 aliphatic heterocycles. The van der Waals surface area contributed by atoms with Gasteiger partial charge >= 0.3 is 0 Å². The highest BCUT2D eigenvalue weighted by Gasteiger charge is 2.49. The van der Waals surface area contributed by atoms with E-state index in [1.807, 2.05) is 0 Å². The summed E-state index contributed by atoms with van der Waals surface area (Å²) in [7, 11) is 1.35. The van der Waals surface area contributed by atoms with Gasteiger partial charge in [-0.15, -0.1) is 0 Å². The van der Waals surface area contributed by atoms with Crippen molar-refractivity contribution in [3.63, 3.8) is 0 Å². The molecular formula is C27H30N2O9. The predicted octanol–water partition coefficient (Wildman–Crippen LogP) is 0.995. The molecule has 0 unspecified atom stereocenters. The number of ether oxygens (including phenoxy) is 3. The molecule has 11 nitrogen and oxygen atoms in total. The lowest BCUT2D eigenvalue weighted by molar-refractivity contribution is -0.229. The zero-order valence-electron chi connectivity index (χ0n) is 21.2. The van der Waals surface area contributed by atoms with Crippen molar-refractivity contribution in [1.29, 1.82) is 0 Å². The van der Waals surface area contributed by atoms with E-state index in [4.69, 9.17) is 25.7 Å². The number of ketones is 3. The van der Waals surface area contributed by atoms with Gasteiger partial charge in [-0.05, 0) is 19.9 Å². The molecule has 7 N–H and O–H groups in total. The zero-order valence-corrected chi connectivity index (χ0v) is 21.2. The molecule has 2 aromatic carbocycles. The molecule has 38 heavy (non-hydrogen) atoms. The molecule has 0 aromatic heterocycles. The minimum absolute atomic E-state index is 0.00291. The van der Waals surface area contributed by atoms with Gasteiger partial charge in [0.15, 0.2) is 17.9 Å². The number of rotatable bonds is 4. The highest BCUT2D eigenvalue weighted by Crippen LogP contribution is 2.52. The van der Waals surface area contributed by atoms with Gasteiger partial charge in [0, 0.05) is 48.0 Å². The molecule has 0 amide bonds. The first-order chi connectivity index (χ1) is 17.9. The summed E-state index contributed by atoms with van der Waals surface area (Å²) in [6.45, 7) is 2.93. The number of aromatic hydroxyl groups is 2. The van der Waals surface area contributed by atoms with Crippen LogP contribution in [-0.2, 0) is 20.7 Å². The zero-order chi connectivity index (χ0) is 27.7. The first-order valence-corrected chi connectivity index (χ1v) is 12.3. The number of phenolic OH excluding ortho intramolecular Hbond substituents is 2. The minimum atomic E-state index is -1.97. The number of hydrogen-bond acceptors (Lipinski definition) is 11. The van der Waals surface area contributed by atoms with Crippen molar-refractivity contribution in [2.24, 2.45) is 11.5 Å². The number of Topliss-reactive ketones (excluding diaryl/α,β-unsaturated/α-hetero) is 1. The summed E-state index contributed by atoms with van der Waals surface area (Å²) in [5.41, 5.74) is 9.29. The Morgan fingerprint density at radius 2 is 1.79 bits per heavy atom. The number of carbonyl (C=O) groups excluding carboxylic acids is 3. The predicted molar refractivity (Wildman–Crippen MR) is 132 cm³/mol. The highest BCUT2D eigenvalue weighted by molar-refractivity contribution is 6.31. The van der Waals surface area contributed by atoms with Gasteiger partial charge in [0.1, 0.15) is 22.8 Å². The van der Waals surface area contributed by atoms with Crippen molar-refractivity contribution < 1.29 is 43.9 Å². The van der Waals surface area contributed by atoms with Crippen LogP contribution < -0.4 is 16.2 Å². The number of methoxy groups -OCH3 is 1. The first-order valence-electron chi connectivity index (χ1n) is 12.3. The van der Waals surface area contributed by atoms with Gasteiger partial charge in [-0.1, -0.05) is 12.1 Å². The quantitative estimate of drug-likeness (QED) is 0.305. The molecule has 1 fully saturated rings. The summed E-state index contributed by atoms with van der Waals surface area (Å²) in [5.74, 6) is -3.07. The molecule has 202 valence electrons. The van der Waals surface area contributed by atoms with E-state index in [1.54, 1.807) is 6.92 Å². The van der Waals surface area contributed by atoms with Gasteiger partial charge in [0.2, 0.25) is 5.78 Å². The average Bonchev–Trinajstić information content (AvgIpc) is 2.87. The number of phenols is 2. The molecule has 0 saturated carbocycles. The van der Waals surface area contributed by atoms with Gasteiger partial charge < -0.3 is 41.0 Å². The summed E-state index contributed by atoms with van der Waals surface area (Å²) in [6, 6.07) is 3.56. The van der Waals surface area contributed by atoms with Gasteiger partial charge in [0.25, 0.3) is 0 Å². The van der Waals surface area contributed by atoms with E-state index in [2.05, 4.69) is 0 Å². The third kappa shape index (κ3) is 3.81. The Labute approximate surface area is 218 Å². The first kappa shape index (κ1) is 26.3. The summed E-state index contributed by atoms with van der Waals surface area (Å²) in [6.07, 6.45) is -3.07. The number of carbonyl (C=O) groups is 3. The van der Waals surface area contributed by atoms with Crippen molar-refractivity contribution in [3.05, 3.63) is 51.6 Å². The van der Waals surface area contributed by atoms with Gasteiger partial charge in [-0.25, -0.2) is 0 Å². The Balaban J connectivity index is 1.68. The van der Waals surface area contributed by atoms with Gasteiger partial charge in [-0.3, -0.25) is 14.4 Å². The van der Waals surface area contributed by atoms with E-state index >= 15 is 0 Å². The lowest BCUT2D eigenvalue weighted by Crippen LogP contribution is -2.56. The molecule has 6 atom stereocenters. The monoisotopic (exact) mass is 526 g/mol. The van der Waals surface area contributed by atoms with Crippen LogP contribution in [0.2, 0.25) is 0 Å². The molecule has 5 rings (SSSR count). The SMILES string of the molecule is COc1cccc2c1C(=O)c1c(O)c3c(c(O)c1C2=O)C[C@@](O)(C(C)=O)C[C@@H]3O[C@H]1C[C@H](N)[C@H](N)[C@H](C)O1. The van der Waals surface area contributed by atoms with Crippen LogP contribution in [0.5, 0.6) is 17.2 Å². The molecule has 0 radical (unpaired) electrons. The maximum absolute atomic E-state index is 13.6. The second-order valence-corrected chi connectivity index (χ2v) is 10.2. The summed E-state index contributed by atoms with van der Waals surface area (Å²) < 4.78 is 17.3. The standard InChI is InChI=1S/C27H30N2O9/c1-10-22(29)14(28)7-17(37-10)38-16-9-27(35,11(2)30)8-13-19(16)26(34)21-20(24(13)32)23(31)12-5-4-6-15(36-3)18(12)25(21)33/h4-6,10,14,16-17,22,32,34-35H,7-9,28-29H2,1-3H3/t10-,14-,16-,17-,22+,27-/m0/s1. The number of aliphatic hydroxyl groups is 1. The molecule has 1 saturated heterocycles. The molecule has 2 aromatic rings. The number of fused-ring (bicyclic) bond motifs is 3. The summed E-state index contributed by atoms with van der Waals surface area (Å²) >= 11 is 0. The molecule has 3 aliphatic rings. The maximum atomic E-state index is 13.6. The van der Waals surface area contributed by atoms with Crippen LogP contribution in [0.25, 0.3) is 0 Å². The van der Waals surface area contributed by atoms with Crippen LogP contribution >= 0.6 is 0 Å². The van der Waals surface area contributed by atoms with Crippen LogP contribution in [0.1, 0.15) is 75.8 Å². The smallest absolute Gasteiger partial charge is 0.202 e. The van der Waals surface area contributed by atoms with Crippen molar-refractivity contribution in [1.82, 2.24) is 0 Å². The Bertz CT molecular complexity index is 1360. The second-order valence-electron chi connectivity index (χ2n) is 10.2. The summed E-state index contributed by atoms with van der Waals surface area (Å²) in [5, 5.41) is 34.0. The molecule has 2 aliphatic carbocycles. The van der Waals surface area contributed by atoms with Crippen LogP contribution in [0, 0.1) is 0 Å². The Morgan fingerprint density at radius 1 is 1.11 bits per heavy atom. The Kier molecular flexibility index (Phi) is 6.32. The number of benzene rings is 2. The van der Waals surface area contributed by atoms with Gasteiger partial charge in [0.05, 0.1) is 36.0 Å². The highest BCUT2D eigenvalue weighted by atomic mass is 16.7.